The van der Waals surface area contributed by atoms with Crippen LogP contribution in [-0.2, 0) is 4.43 Å². The van der Waals surface area contributed by atoms with Crippen LogP contribution in [0.15, 0.2) is 24.5 Å². The minimum Gasteiger partial charge on any atom is -0.478 e. The van der Waals surface area contributed by atoms with E-state index in [4.69, 9.17) is 10.2 Å². The third-order valence-corrected chi connectivity index (χ3v) is 11.4. The van der Waals surface area contributed by atoms with E-state index in [9.17, 15) is 9.90 Å². The molecule has 1 saturated carbocycles. The summed E-state index contributed by atoms with van der Waals surface area (Å²) in [6, 6.07) is 3.39. The van der Waals surface area contributed by atoms with Gasteiger partial charge in [-0.15, -0.1) is 0 Å². The van der Waals surface area contributed by atoms with Gasteiger partial charge in [0.2, 0.25) is 0 Å². The fraction of sp³-hybridized carbons (Fsp3) is 0.565. The number of nitrogens with zero attached hydrogens (tertiary/aromatic N) is 2. The third kappa shape index (κ3) is 4.47. The van der Waals surface area contributed by atoms with Crippen LogP contribution in [0.4, 0.5) is 5.69 Å². The standard InChI is InChI=1S/C23H35N3O3Si/c1-15-13-20(19(24)14-18(15)22(27)28)26-12-11-25-21(26)16-7-9-17(10-8-16)29-30(5,6)23(2,3)4/h11-14,16-17H,7-10,24H2,1-6H3,(H,27,28). The quantitative estimate of drug-likeness (QED) is 0.483. The Bertz CT molecular complexity index is 922. The summed E-state index contributed by atoms with van der Waals surface area (Å²) in [5.41, 5.74) is 8.40. The van der Waals surface area contributed by atoms with Gasteiger partial charge in [0.15, 0.2) is 8.32 Å². The van der Waals surface area contributed by atoms with Crippen molar-refractivity contribution in [3.05, 3.63) is 41.5 Å². The van der Waals surface area contributed by atoms with Crippen molar-refractivity contribution in [1.82, 2.24) is 9.55 Å². The first-order chi connectivity index (χ1) is 13.9. The molecule has 0 amide bonds. The number of anilines is 1. The molecule has 0 spiro atoms. The lowest BCUT2D eigenvalue weighted by Gasteiger charge is -2.41. The zero-order chi connectivity index (χ0) is 22.3. The minimum atomic E-state index is -1.76. The molecule has 3 N–H and O–H groups in total. The molecule has 2 aromatic rings. The van der Waals surface area contributed by atoms with Gasteiger partial charge in [-0.2, -0.15) is 0 Å². The highest BCUT2D eigenvalue weighted by Crippen LogP contribution is 2.41. The number of aryl methyl sites for hydroxylation is 1. The van der Waals surface area contributed by atoms with Gasteiger partial charge in [0.05, 0.1) is 16.9 Å². The lowest BCUT2D eigenvalue weighted by atomic mass is 9.87. The highest BCUT2D eigenvalue weighted by Gasteiger charge is 2.40. The summed E-state index contributed by atoms with van der Waals surface area (Å²) >= 11 is 0. The molecule has 1 aromatic heterocycles. The molecule has 1 heterocycles. The Labute approximate surface area is 180 Å². The highest BCUT2D eigenvalue weighted by molar-refractivity contribution is 6.74. The van der Waals surface area contributed by atoms with Crippen LogP contribution >= 0.6 is 0 Å². The molecule has 3 rings (SSSR count). The van der Waals surface area contributed by atoms with Gasteiger partial charge < -0.3 is 19.8 Å². The monoisotopic (exact) mass is 429 g/mol. The molecule has 6 nitrogen and oxygen atoms in total. The zero-order valence-electron chi connectivity index (χ0n) is 19.0. The highest BCUT2D eigenvalue weighted by atomic mass is 28.4. The number of benzene rings is 1. The van der Waals surface area contributed by atoms with Gasteiger partial charge in [-0.05, 0) is 68.4 Å². The first-order valence-electron chi connectivity index (χ1n) is 10.8. The fourth-order valence-electron chi connectivity index (χ4n) is 4.00. The molecule has 164 valence electrons. The zero-order valence-corrected chi connectivity index (χ0v) is 20.0. The van der Waals surface area contributed by atoms with E-state index < -0.39 is 14.3 Å². The lowest BCUT2D eigenvalue weighted by molar-refractivity contribution is 0.0696. The molecule has 0 bridgehead atoms. The van der Waals surface area contributed by atoms with Crippen LogP contribution < -0.4 is 5.73 Å². The summed E-state index contributed by atoms with van der Waals surface area (Å²) in [6.07, 6.45) is 8.18. The van der Waals surface area contributed by atoms with E-state index in [1.54, 1.807) is 19.2 Å². The number of nitrogens with two attached hydrogens (primary N) is 1. The van der Waals surface area contributed by atoms with Crippen LogP contribution in [0.1, 0.15) is 74.1 Å². The van der Waals surface area contributed by atoms with Gasteiger partial charge in [-0.25, -0.2) is 9.78 Å². The summed E-state index contributed by atoms with van der Waals surface area (Å²) in [6.45, 7) is 13.3. The summed E-state index contributed by atoms with van der Waals surface area (Å²) in [5.74, 6) is 0.379. The Balaban J connectivity index is 1.76. The maximum Gasteiger partial charge on any atom is 0.336 e. The maximum absolute atomic E-state index is 11.4. The molecule has 30 heavy (non-hydrogen) atoms. The minimum absolute atomic E-state index is 0.220. The van der Waals surface area contributed by atoms with Crippen molar-refractivity contribution in [2.45, 2.75) is 83.5 Å². The number of carboxylic acid groups (broad SMARTS) is 1. The number of aromatic nitrogens is 2. The van der Waals surface area contributed by atoms with Crippen molar-refractivity contribution in [3.63, 3.8) is 0 Å². The molecule has 0 unspecified atom stereocenters. The van der Waals surface area contributed by atoms with Crippen molar-refractivity contribution in [3.8, 4) is 5.69 Å². The van der Waals surface area contributed by atoms with Crippen molar-refractivity contribution >= 4 is 20.0 Å². The van der Waals surface area contributed by atoms with Crippen LogP contribution in [0.2, 0.25) is 18.1 Å². The summed E-state index contributed by atoms with van der Waals surface area (Å²) in [5, 5.41) is 9.56. The normalized spacial score (nSPS) is 20.3. The van der Waals surface area contributed by atoms with Crippen molar-refractivity contribution in [2.75, 3.05) is 5.73 Å². The molecule has 1 aliphatic rings. The molecule has 0 atom stereocenters. The van der Waals surface area contributed by atoms with E-state index in [1.165, 1.54) is 0 Å². The molecular formula is C23H35N3O3Si. The number of carboxylic acids is 1. The Morgan fingerprint density at radius 3 is 2.43 bits per heavy atom. The van der Waals surface area contributed by atoms with Gasteiger partial charge in [0, 0.05) is 24.4 Å². The molecule has 0 saturated heterocycles. The number of rotatable bonds is 5. The van der Waals surface area contributed by atoms with Gasteiger partial charge >= 0.3 is 5.97 Å². The molecule has 0 aliphatic heterocycles. The Morgan fingerprint density at radius 1 is 1.23 bits per heavy atom. The van der Waals surface area contributed by atoms with Crippen LogP contribution in [0.25, 0.3) is 5.69 Å². The second kappa shape index (κ2) is 8.19. The van der Waals surface area contributed by atoms with Gasteiger partial charge in [-0.3, -0.25) is 0 Å². The number of nitrogen functional groups attached to an aromatic ring is 1. The Morgan fingerprint density at radius 2 is 1.87 bits per heavy atom. The second-order valence-corrected chi connectivity index (χ2v) is 14.8. The molecule has 7 heteroatoms. The predicted octanol–water partition coefficient (Wildman–Crippen LogP) is 5.51. The number of hydrogen-bond donors (Lipinski definition) is 2. The summed E-state index contributed by atoms with van der Waals surface area (Å²) < 4.78 is 8.65. The van der Waals surface area contributed by atoms with E-state index in [-0.39, 0.29) is 10.6 Å². The van der Waals surface area contributed by atoms with Crippen molar-refractivity contribution < 1.29 is 14.3 Å². The topological polar surface area (TPSA) is 90.4 Å². The Kier molecular flexibility index (Phi) is 6.16. The average Bonchev–Trinajstić information content (AvgIpc) is 3.12. The third-order valence-electron chi connectivity index (χ3n) is 6.84. The van der Waals surface area contributed by atoms with Crippen LogP contribution in [-0.4, -0.2) is 35.0 Å². The first kappa shape index (κ1) is 22.6. The SMILES string of the molecule is Cc1cc(-n2ccnc2C2CCC(O[Si](C)(C)C(C)(C)C)CC2)c(N)cc1C(=O)O. The molecule has 0 radical (unpaired) electrons. The summed E-state index contributed by atoms with van der Waals surface area (Å²) in [4.78, 5) is 16.0. The predicted molar refractivity (Wildman–Crippen MR) is 123 cm³/mol. The maximum atomic E-state index is 11.4. The van der Waals surface area contributed by atoms with Crippen LogP contribution in [0.3, 0.4) is 0 Å². The van der Waals surface area contributed by atoms with E-state index in [0.29, 0.717) is 23.3 Å². The molecule has 1 aromatic carbocycles. The number of carbonyl (C=O) groups is 1. The van der Waals surface area contributed by atoms with Crippen molar-refractivity contribution in [2.24, 2.45) is 0 Å². The number of hydrogen-bond acceptors (Lipinski definition) is 4. The van der Waals surface area contributed by atoms with E-state index >= 15 is 0 Å². The van der Waals surface area contributed by atoms with Crippen LogP contribution in [0, 0.1) is 6.92 Å². The molecule has 1 fully saturated rings. The van der Waals surface area contributed by atoms with E-state index in [1.807, 2.05) is 16.8 Å². The number of imidazole rings is 1. The van der Waals surface area contributed by atoms with Gasteiger partial charge in [0.25, 0.3) is 0 Å². The largest absolute Gasteiger partial charge is 0.478 e. The lowest BCUT2D eigenvalue weighted by Crippen LogP contribution is -2.44. The molecular weight excluding hydrogens is 394 g/mol. The smallest absolute Gasteiger partial charge is 0.336 e. The van der Waals surface area contributed by atoms with Gasteiger partial charge in [-0.1, -0.05) is 20.8 Å². The fourth-order valence-corrected chi connectivity index (χ4v) is 5.42. The Hall–Kier alpha value is -2.12. The number of aromatic carboxylic acids is 1. The second-order valence-electron chi connectivity index (χ2n) is 10.0. The van der Waals surface area contributed by atoms with E-state index in [2.05, 4.69) is 38.8 Å². The van der Waals surface area contributed by atoms with Crippen LogP contribution in [0.5, 0.6) is 0 Å². The average molecular weight is 430 g/mol. The van der Waals surface area contributed by atoms with Gasteiger partial charge in [0.1, 0.15) is 5.82 Å². The van der Waals surface area contributed by atoms with E-state index in [0.717, 1.165) is 37.2 Å². The van der Waals surface area contributed by atoms with Crippen molar-refractivity contribution in [1.29, 1.82) is 0 Å². The molecule has 1 aliphatic carbocycles. The first-order valence-corrected chi connectivity index (χ1v) is 13.7. The summed E-state index contributed by atoms with van der Waals surface area (Å²) in [7, 11) is -1.76.